The molecule has 0 spiro atoms. The molecule has 1 unspecified atom stereocenters. The minimum absolute atomic E-state index is 0.0572. The zero-order valence-corrected chi connectivity index (χ0v) is 10.4. The van der Waals surface area contributed by atoms with Gasteiger partial charge >= 0.3 is 0 Å². The number of nitrogens with zero attached hydrogens (tertiary/aromatic N) is 3. The molecule has 1 saturated carbocycles. The van der Waals surface area contributed by atoms with E-state index in [0.717, 1.165) is 12.8 Å². The molecule has 0 aromatic carbocycles. The highest BCUT2D eigenvalue weighted by Gasteiger charge is 2.39. The largest absolute Gasteiger partial charge is 0.364 e. The van der Waals surface area contributed by atoms with Crippen molar-refractivity contribution in [2.75, 3.05) is 11.9 Å². The highest BCUT2D eigenvalue weighted by Crippen LogP contribution is 2.31. The van der Waals surface area contributed by atoms with Crippen LogP contribution in [-0.2, 0) is 4.79 Å². The molecule has 0 radical (unpaired) electrons. The van der Waals surface area contributed by atoms with Crippen LogP contribution in [-0.4, -0.2) is 45.5 Å². The lowest BCUT2D eigenvalue weighted by atomic mass is 10.2. The van der Waals surface area contributed by atoms with E-state index in [0.29, 0.717) is 24.8 Å². The minimum atomic E-state index is -0.602. The van der Waals surface area contributed by atoms with Crippen LogP contribution in [0.1, 0.15) is 29.8 Å². The third-order valence-corrected chi connectivity index (χ3v) is 3.42. The van der Waals surface area contributed by atoms with Gasteiger partial charge in [-0.15, -0.1) is 10.2 Å². The zero-order chi connectivity index (χ0) is 13.4. The Bertz CT molecular complexity index is 511. The van der Waals surface area contributed by atoms with Crippen molar-refractivity contribution in [3.8, 4) is 0 Å². The number of nitrogens with two attached hydrogens (primary N) is 1. The lowest BCUT2D eigenvalue weighted by Gasteiger charge is -2.16. The van der Waals surface area contributed by atoms with Gasteiger partial charge < -0.3 is 16.0 Å². The smallest absolute Gasteiger partial charge is 0.269 e. The van der Waals surface area contributed by atoms with Gasteiger partial charge in [0.2, 0.25) is 5.91 Å². The van der Waals surface area contributed by atoms with E-state index < -0.39 is 5.91 Å². The molecule has 3 N–H and O–H groups in total. The van der Waals surface area contributed by atoms with Gasteiger partial charge in [-0.25, -0.2) is 0 Å². The second-order valence-corrected chi connectivity index (χ2v) is 4.99. The van der Waals surface area contributed by atoms with Crippen LogP contribution in [0.5, 0.6) is 0 Å². The first-order valence-electron chi connectivity index (χ1n) is 6.33. The summed E-state index contributed by atoms with van der Waals surface area (Å²) in [6.07, 6.45) is 2.72. The highest BCUT2D eigenvalue weighted by molar-refractivity contribution is 5.90. The van der Waals surface area contributed by atoms with Crippen LogP contribution in [0.2, 0.25) is 0 Å². The molecule has 100 valence electrons. The van der Waals surface area contributed by atoms with Crippen LogP contribution < -0.4 is 11.1 Å². The van der Waals surface area contributed by atoms with Gasteiger partial charge in [-0.2, -0.15) is 0 Å². The van der Waals surface area contributed by atoms with E-state index in [1.807, 2.05) is 4.90 Å². The summed E-state index contributed by atoms with van der Waals surface area (Å²) in [4.78, 5) is 24.6. The molecule has 1 aliphatic heterocycles. The molecule has 7 heteroatoms. The van der Waals surface area contributed by atoms with Crippen LogP contribution >= 0.6 is 0 Å². The topological polar surface area (TPSA) is 101 Å². The van der Waals surface area contributed by atoms with E-state index >= 15 is 0 Å². The predicted molar refractivity (Wildman–Crippen MR) is 67.3 cm³/mol. The Kier molecular flexibility index (Phi) is 2.81. The first-order valence-corrected chi connectivity index (χ1v) is 6.33. The molecule has 3 rings (SSSR count). The summed E-state index contributed by atoms with van der Waals surface area (Å²) in [6, 6.07) is 3.68. The standard InChI is InChI=1S/C12H15N5O2/c13-12(19)9-3-4-10(16-15-9)14-7-5-11(18)17(6-7)8-1-2-8/h3-4,7-8H,1-2,5-6H2,(H2,13,19)(H,14,16). The molecular formula is C12H15N5O2. The molecule has 1 atom stereocenters. The Labute approximate surface area is 110 Å². The van der Waals surface area contributed by atoms with Crippen molar-refractivity contribution in [3.05, 3.63) is 17.8 Å². The second kappa shape index (κ2) is 4.49. The van der Waals surface area contributed by atoms with Gasteiger partial charge in [-0.05, 0) is 25.0 Å². The lowest BCUT2D eigenvalue weighted by Crippen LogP contribution is -2.30. The molecule has 19 heavy (non-hydrogen) atoms. The number of hydrogen-bond acceptors (Lipinski definition) is 5. The average molecular weight is 261 g/mol. The van der Waals surface area contributed by atoms with Crippen LogP contribution in [0.3, 0.4) is 0 Å². The summed E-state index contributed by atoms with van der Waals surface area (Å²) in [7, 11) is 0. The molecule has 1 aliphatic carbocycles. The summed E-state index contributed by atoms with van der Waals surface area (Å²) in [5.41, 5.74) is 5.22. The normalized spacial score (nSPS) is 22.6. The summed E-state index contributed by atoms with van der Waals surface area (Å²) >= 11 is 0. The van der Waals surface area contributed by atoms with Crippen LogP contribution in [0, 0.1) is 0 Å². The van der Waals surface area contributed by atoms with E-state index in [4.69, 9.17) is 5.73 Å². The first-order chi connectivity index (χ1) is 9.13. The number of anilines is 1. The van der Waals surface area contributed by atoms with Crippen molar-refractivity contribution in [1.82, 2.24) is 15.1 Å². The zero-order valence-electron chi connectivity index (χ0n) is 10.4. The predicted octanol–water partition coefficient (Wildman–Crippen LogP) is -0.249. The number of carbonyl (C=O) groups is 2. The number of nitrogens with one attached hydrogen (secondary N) is 1. The monoisotopic (exact) mass is 261 g/mol. The van der Waals surface area contributed by atoms with E-state index in [2.05, 4.69) is 15.5 Å². The van der Waals surface area contributed by atoms with E-state index in [1.165, 1.54) is 6.07 Å². The van der Waals surface area contributed by atoms with Crippen molar-refractivity contribution in [3.63, 3.8) is 0 Å². The van der Waals surface area contributed by atoms with E-state index in [-0.39, 0.29) is 17.6 Å². The van der Waals surface area contributed by atoms with E-state index in [1.54, 1.807) is 6.07 Å². The Balaban J connectivity index is 1.62. The number of likely N-dealkylation sites (tertiary alicyclic amines) is 1. The van der Waals surface area contributed by atoms with Gasteiger partial charge in [0.1, 0.15) is 5.82 Å². The van der Waals surface area contributed by atoms with Crippen LogP contribution in [0.25, 0.3) is 0 Å². The lowest BCUT2D eigenvalue weighted by molar-refractivity contribution is -0.128. The first kappa shape index (κ1) is 11.9. The summed E-state index contributed by atoms with van der Waals surface area (Å²) in [5, 5.41) is 10.8. The molecule has 2 aliphatic rings. The fraction of sp³-hybridized carbons (Fsp3) is 0.500. The maximum absolute atomic E-state index is 11.8. The average Bonchev–Trinajstić information content (AvgIpc) is 3.15. The van der Waals surface area contributed by atoms with Gasteiger partial charge in [-0.1, -0.05) is 0 Å². The summed E-state index contributed by atoms with van der Waals surface area (Å²) in [6.45, 7) is 0.711. The summed E-state index contributed by atoms with van der Waals surface area (Å²) < 4.78 is 0. The Hall–Kier alpha value is -2.18. The number of rotatable bonds is 4. The molecule has 2 heterocycles. The maximum Gasteiger partial charge on any atom is 0.269 e. The van der Waals surface area contributed by atoms with Crippen LogP contribution in [0.4, 0.5) is 5.82 Å². The number of hydrogen-bond donors (Lipinski definition) is 2. The van der Waals surface area contributed by atoms with Gasteiger partial charge in [0.05, 0.1) is 6.04 Å². The van der Waals surface area contributed by atoms with Crippen molar-refractivity contribution in [2.24, 2.45) is 5.73 Å². The van der Waals surface area contributed by atoms with Crippen molar-refractivity contribution in [1.29, 1.82) is 0 Å². The molecule has 1 aromatic rings. The molecule has 0 bridgehead atoms. The quantitative estimate of drug-likeness (QED) is 0.778. The van der Waals surface area contributed by atoms with Gasteiger partial charge in [0.15, 0.2) is 5.69 Å². The number of carbonyl (C=O) groups excluding carboxylic acids is 2. The minimum Gasteiger partial charge on any atom is -0.364 e. The molecule has 1 aromatic heterocycles. The maximum atomic E-state index is 11.8. The Morgan fingerprint density at radius 3 is 2.74 bits per heavy atom. The second-order valence-electron chi connectivity index (χ2n) is 4.99. The molecule has 7 nitrogen and oxygen atoms in total. The molecule has 2 amide bonds. The molecular weight excluding hydrogens is 246 g/mol. The van der Waals surface area contributed by atoms with Crippen molar-refractivity contribution < 1.29 is 9.59 Å². The summed E-state index contributed by atoms with van der Waals surface area (Å²) in [5.74, 6) is 0.150. The van der Waals surface area contributed by atoms with E-state index in [9.17, 15) is 9.59 Å². The highest BCUT2D eigenvalue weighted by atomic mass is 16.2. The fourth-order valence-corrected chi connectivity index (χ4v) is 2.32. The number of primary amides is 1. The molecule has 2 fully saturated rings. The van der Waals surface area contributed by atoms with Crippen molar-refractivity contribution >= 4 is 17.6 Å². The molecule has 1 saturated heterocycles. The Morgan fingerprint density at radius 2 is 2.16 bits per heavy atom. The third kappa shape index (κ3) is 2.49. The van der Waals surface area contributed by atoms with Gasteiger partial charge in [0, 0.05) is 19.0 Å². The number of aromatic nitrogens is 2. The number of amides is 2. The van der Waals surface area contributed by atoms with Crippen LogP contribution in [0.15, 0.2) is 12.1 Å². The SMILES string of the molecule is NC(=O)c1ccc(NC2CC(=O)N(C3CC3)C2)nn1. The third-order valence-electron chi connectivity index (χ3n) is 3.42. The van der Waals surface area contributed by atoms with Gasteiger partial charge in [0.25, 0.3) is 5.91 Å². The fourth-order valence-electron chi connectivity index (χ4n) is 2.32. The van der Waals surface area contributed by atoms with Crippen molar-refractivity contribution in [2.45, 2.75) is 31.3 Å². The van der Waals surface area contributed by atoms with Gasteiger partial charge in [-0.3, -0.25) is 9.59 Å². The Morgan fingerprint density at radius 1 is 1.37 bits per heavy atom.